The van der Waals surface area contributed by atoms with Crippen LogP contribution in [-0.2, 0) is 26.8 Å². The maximum Gasteiger partial charge on any atom is 0.240 e. The van der Waals surface area contributed by atoms with Gasteiger partial charge in [0.1, 0.15) is 6.04 Å². The summed E-state index contributed by atoms with van der Waals surface area (Å²) in [5.41, 5.74) is 6.42. The van der Waals surface area contributed by atoms with Gasteiger partial charge in [0.2, 0.25) is 11.8 Å². The van der Waals surface area contributed by atoms with E-state index in [1.165, 1.54) is 0 Å². The summed E-state index contributed by atoms with van der Waals surface area (Å²) in [6.45, 7) is 0. The standard InChI is InChI=1S/C19H22N2O3S/c20-19(23)17(13-14-25(24)16-9-5-2-6-10-16)21-18(22)12-11-15-7-3-1-4-8-15/h1-10,17H,11-14H2,(H2,20,23)(H,21,22)/t17-,25-/m1/s1. The zero-order valence-corrected chi connectivity index (χ0v) is 14.7. The molecule has 0 aliphatic heterocycles. The van der Waals surface area contributed by atoms with Crippen molar-refractivity contribution in [1.82, 2.24) is 5.32 Å². The van der Waals surface area contributed by atoms with E-state index < -0.39 is 22.7 Å². The van der Waals surface area contributed by atoms with Crippen LogP contribution in [0.1, 0.15) is 18.4 Å². The summed E-state index contributed by atoms with van der Waals surface area (Å²) in [7, 11) is -1.23. The highest BCUT2D eigenvalue weighted by atomic mass is 32.2. The van der Waals surface area contributed by atoms with Crippen LogP contribution < -0.4 is 11.1 Å². The van der Waals surface area contributed by atoms with Gasteiger partial charge in [0, 0.05) is 17.1 Å². The van der Waals surface area contributed by atoms with E-state index in [4.69, 9.17) is 5.73 Å². The zero-order chi connectivity index (χ0) is 18.1. The first-order valence-electron chi connectivity index (χ1n) is 8.12. The van der Waals surface area contributed by atoms with Gasteiger partial charge in [0.15, 0.2) is 0 Å². The SMILES string of the molecule is NC(=O)[C@@H](CC[S@@](=O)c1ccccc1)NC(=O)CCc1ccccc1. The van der Waals surface area contributed by atoms with E-state index in [1.807, 2.05) is 48.5 Å². The number of nitrogens with two attached hydrogens (primary N) is 1. The highest BCUT2D eigenvalue weighted by Gasteiger charge is 2.19. The van der Waals surface area contributed by atoms with Crippen LogP contribution in [-0.4, -0.2) is 27.8 Å². The molecular formula is C19H22N2O3S. The summed E-state index contributed by atoms with van der Waals surface area (Å²) in [6, 6.07) is 17.8. The normalized spacial score (nSPS) is 13.0. The Balaban J connectivity index is 1.82. The molecule has 0 heterocycles. The number of benzene rings is 2. The molecule has 2 rings (SSSR count). The van der Waals surface area contributed by atoms with Crippen molar-refractivity contribution >= 4 is 22.6 Å². The fourth-order valence-corrected chi connectivity index (χ4v) is 3.52. The van der Waals surface area contributed by atoms with Crippen molar-refractivity contribution in [2.24, 2.45) is 5.73 Å². The third-order valence-electron chi connectivity index (χ3n) is 3.76. The second kappa shape index (κ2) is 9.74. The molecule has 25 heavy (non-hydrogen) atoms. The molecule has 2 amide bonds. The number of primary amides is 1. The average molecular weight is 358 g/mol. The van der Waals surface area contributed by atoms with Crippen molar-refractivity contribution in [3.05, 3.63) is 66.2 Å². The van der Waals surface area contributed by atoms with E-state index in [1.54, 1.807) is 12.1 Å². The van der Waals surface area contributed by atoms with Gasteiger partial charge in [-0.2, -0.15) is 0 Å². The van der Waals surface area contributed by atoms with Crippen molar-refractivity contribution in [3.8, 4) is 0 Å². The lowest BCUT2D eigenvalue weighted by Gasteiger charge is -2.15. The number of rotatable bonds is 9. The van der Waals surface area contributed by atoms with Crippen molar-refractivity contribution in [2.75, 3.05) is 5.75 Å². The molecule has 0 aliphatic carbocycles. The van der Waals surface area contributed by atoms with Crippen LogP contribution >= 0.6 is 0 Å². The van der Waals surface area contributed by atoms with E-state index in [9.17, 15) is 13.8 Å². The molecular weight excluding hydrogens is 336 g/mol. The molecule has 3 N–H and O–H groups in total. The van der Waals surface area contributed by atoms with Gasteiger partial charge in [-0.15, -0.1) is 0 Å². The summed E-state index contributed by atoms with van der Waals surface area (Å²) in [5.74, 6) is -0.590. The van der Waals surface area contributed by atoms with Crippen molar-refractivity contribution in [1.29, 1.82) is 0 Å². The lowest BCUT2D eigenvalue weighted by atomic mass is 10.1. The quantitative estimate of drug-likeness (QED) is 0.716. The number of aryl methyl sites for hydroxylation is 1. The molecule has 0 unspecified atom stereocenters. The van der Waals surface area contributed by atoms with Gasteiger partial charge in [0.05, 0.1) is 10.8 Å². The van der Waals surface area contributed by atoms with Crippen LogP contribution in [0.4, 0.5) is 0 Å². The first-order valence-corrected chi connectivity index (χ1v) is 9.44. The molecule has 5 nitrogen and oxygen atoms in total. The molecule has 6 heteroatoms. The molecule has 2 atom stereocenters. The van der Waals surface area contributed by atoms with Crippen LogP contribution in [0.2, 0.25) is 0 Å². The van der Waals surface area contributed by atoms with Crippen molar-refractivity contribution in [2.45, 2.75) is 30.2 Å². The van der Waals surface area contributed by atoms with E-state index in [0.717, 1.165) is 5.56 Å². The Kier molecular flexibility index (Phi) is 7.35. The maximum atomic E-state index is 12.2. The number of hydrogen-bond donors (Lipinski definition) is 2. The second-order valence-corrected chi connectivity index (χ2v) is 7.23. The summed E-state index contributed by atoms with van der Waals surface area (Å²) in [6.07, 6.45) is 1.11. The van der Waals surface area contributed by atoms with E-state index >= 15 is 0 Å². The predicted octanol–water partition coefficient (Wildman–Crippen LogP) is 1.79. The van der Waals surface area contributed by atoms with Gasteiger partial charge < -0.3 is 11.1 Å². The molecule has 2 aromatic rings. The summed E-state index contributed by atoms with van der Waals surface area (Å²) in [4.78, 5) is 24.3. The van der Waals surface area contributed by atoms with Gasteiger partial charge in [-0.25, -0.2) is 0 Å². The Morgan fingerprint density at radius 3 is 2.20 bits per heavy atom. The highest BCUT2D eigenvalue weighted by Crippen LogP contribution is 2.08. The smallest absolute Gasteiger partial charge is 0.240 e. The molecule has 0 bridgehead atoms. The molecule has 0 aromatic heterocycles. The van der Waals surface area contributed by atoms with E-state index in [-0.39, 0.29) is 24.5 Å². The molecule has 0 saturated carbocycles. The number of carbonyl (C=O) groups excluding carboxylic acids is 2. The molecule has 0 fully saturated rings. The first-order chi connectivity index (χ1) is 12.1. The largest absolute Gasteiger partial charge is 0.368 e. The minimum atomic E-state index is -1.23. The number of hydrogen-bond acceptors (Lipinski definition) is 3. The number of carbonyl (C=O) groups is 2. The van der Waals surface area contributed by atoms with Gasteiger partial charge in [-0.1, -0.05) is 48.5 Å². The molecule has 0 aliphatic rings. The minimum Gasteiger partial charge on any atom is -0.368 e. The predicted molar refractivity (Wildman–Crippen MR) is 98.2 cm³/mol. The topological polar surface area (TPSA) is 89.3 Å². The molecule has 0 spiro atoms. The van der Waals surface area contributed by atoms with Gasteiger partial charge >= 0.3 is 0 Å². The fourth-order valence-electron chi connectivity index (χ4n) is 2.37. The van der Waals surface area contributed by atoms with Crippen molar-refractivity contribution in [3.63, 3.8) is 0 Å². The Bertz CT molecular complexity index is 720. The minimum absolute atomic E-state index is 0.238. The zero-order valence-electron chi connectivity index (χ0n) is 13.9. The second-order valence-electron chi connectivity index (χ2n) is 5.66. The Morgan fingerprint density at radius 1 is 1.00 bits per heavy atom. The van der Waals surface area contributed by atoms with Gasteiger partial charge in [-0.05, 0) is 30.5 Å². The van der Waals surface area contributed by atoms with Crippen LogP contribution in [0, 0.1) is 0 Å². The fraction of sp³-hybridized carbons (Fsp3) is 0.263. The average Bonchev–Trinajstić information content (AvgIpc) is 2.64. The molecule has 0 radical (unpaired) electrons. The Labute approximate surface area is 150 Å². The van der Waals surface area contributed by atoms with Crippen molar-refractivity contribution < 1.29 is 13.8 Å². The summed E-state index contributed by atoms with van der Waals surface area (Å²) in [5, 5.41) is 2.65. The van der Waals surface area contributed by atoms with Crippen LogP contribution in [0.25, 0.3) is 0 Å². The molecule has 132 valence electrons. The van der Waals surface area contributed by atoms with Gasteiger partial charge in [-0.3, -0.25) is 13.8 Å². The third kappa shape index (κ3) is 6.51. The third-order valence-corrected chi connectivity index (χ3v) is 5.16. The van der Waals surface area contributed by atoms with E-state index in [2.05, 4.69) is 5.32 Å². The summed E-state index contributed by atoms with van der Waals surface area (Å²) < 4.78 is 12.2. The lowest BCUT2D eigenvalue weighted by Crippen LogP contribution is -2.45. The molecule has 0 saturated heterocycles. The Hall–Kier alpha value is -2.47. The highest BCUT2D eigenvalue weighted by molar-refractivity contribution is 7.85. The van der Waals surface area contributed by atoms with Crippen LogP contribution in [0.5, 0.6) is 0 Å². The number of amides is 2. The number of nitrogens with one attached hydrogen (secondary N) is 1. The summed E-state index contributed by atoms with van der Waals surface area (Å²) >= 11 is 0. The van der Waals surface area contributed by atoms with Crippen LogP contribution in [0.3, 0.4) is 0 Å². The monoisotopic (exact) mass is 358 g/mol. The first kappa shape index (κ1) is 18.9. The molecule has 2 aromatic carbocycles. The van der Waals surface area contributed by atoms with Crippen LogP contribution in [0.15, 0.2) is 65.6 Å². The van der Waals surface area contributed by atoms with Gasteiger partial charge in [0.25, 0.3) is 0 Å². The maximum absolute atomic E-state index is 12.2. The Morgan fingerprint density at radius 2 is 1.60 bits per heavy atom. The van der Waals surface area contributed by atoms with E-state index in [0.29, 0.717) is 11.3 Å². The lowest BCUT2D eigenvalue weighted by molar-refractivity contribution is -0.127.